The lowest BCUT2D eigenvalue weighted by Crippen LogP contribution is -2.23. The van der Waals surface area contributed by atoms with Crippen molar-refractivity contribution in [2.45, 2.75) is 38.7 Å². The van der Waals surface area contributed by atoms with E-state index in [1.165, 1.54) is 5.56 Å². The van der Waals surface area contributed by atoms with Crippen molar-refractivity contribution in [2.75, 3.05) is 41.5 Å². The highest BCUT2D eigenvalue weighted by Gasteiger charge is 2.09. The SMILES string of the molecule is COc1ccc(C#CC(C)(C)O)c(CCCN(C)CCc2ccc(OC)c(OC)c2)c1. The molecular formula is C26H35NO4. The number of rotatable bonds is 10. The maximum absolute atomic E-state index is 9.91. The summed E-state index contributed by atoms with van der Waals surface area (Å²) in [5.41, 5.74) is 2.29. The quantitative estimate of drug-likeness (QED) is 0.585. The summed E-state index contributed by atoms with van der Waals surface area (Å²) in [6.07, 6.45) is 2.85. The molecule has 0 amide bonds. The molecule has 0 saturated heterocycles. The third kappa shape index (κ3) is 8.16. The summed E-state index contributed by atoms with van der Waals surface area (Å²) in [5.74, 6) is 8.36. The largest absolute Gasteiger partial charge is 0.497 e. The average Bonchev–Trinajstić information content (AvgIpc) is 2.75. The summed E-state index contributed by atoms with van der Waals surface area (Å²) < 4.78 is 16.1. The minimum atomic E-state index is -1.01. The van der Waals surface area contributed by atoms with E-state index in [-0.39, 0.29) is 0 Å². The summed E-state index contributed by atoms with van der Waals surface area (Å²) in [7, 11) is 7.12. The van der Waals surface area contributed by atoms with E-state index in [1.807, 2.05) is 30.3 Å². The van der Waals surface area contributed by atoms with Gasteiger partial charge in [-0.15, -0.1) is 0 Å². The van der Waals surface area contributed by atoms with Crippen molar-refractivity contribution >= 4 is 0 Å². The highest BCUT2D eigenvalue weighted by molar-refractivity contribution is 5.46. The fourth-order valence-electron chi connectivity index (χ4n) is 3.25. The number of hydrogen-bond acceptors (Lipinski definition) is 5. The van der Waals surface area contributed by atoms with Gasteiger partial charge in [-0.25, -0.2) is 0 Å². The normalized spacial score (nSPS) is 11.1. The van der Waals surface area contributed by atoms with Gasteiger partial charge in [0.2, 0.25) is 0 Å². The van der Waals surface area contributed by atoms with Gasteiger partial charge in [0.15, 0.2) is 11.5 Å². The van der Waals surface area contributed by atoms with E-state index in [4.69, 9.17) is 14.2 Å². The van der Waals surface area contributed by atoms with E-state index in [0.717, 1.165) is 60.7 Å². The third-order valence-electron chi connectivity index (χ3n) is 5.03. The van der Waals surface area contributed by atoms with Gasteiger partial charge in [0.1, 0.15) is 11.4 Å². The van der Waals surface area contributed by atoms with Crippen LogP contribution < -0.4 is 14.2 Å². The van der Waals surface area contributed by atoms with Gasteiger partial charge < -0.3 is 24.2 Å². The van der Waals surface area contributed by atoms with Gasteiger partial charge in [0, 0.05) is 12.1 Å². The first-order valence-corrected chi connectivity index (χ1v) is 10.6. The fraction of sp³-hybridized carbons (Fsp3) is 0.462. The Labute approximate surface area is 186 Å². The zero-order chi connectivity index (χ0) is 22.9. The Balaban J connectivity index is 1.93. The van der Waals surface area contributed by atoms with E-state index in [1.54, 1.807) is 35.2 Å². The Morgan fingerprint density at radius 2 is 1.65 bits per heavy atom. The lowest BCUT2D eigenvalue weighted by atomic mass is 10.0. The second-order valence-corrected chi connectivity index (χ2v) is 8.18. The Morgan fingerprint density at radius 3 is 2.29 bits per heavy atom. The van der Waals surface area contributed by atoms with Crippen molar-refractivity contribution in [3.63, 3.8) is 0 Å². The van der Waals surface area contributed by atoms with Gasteiger partial charge in [-0.2, -0.15) is 0 Å². The molecule has 0 bridgehead atoms. The highest BCUT2D eigenvalue weighted by atomic mass is 16.5. The molecule has 0 aliphatic carbocycles. The van der Waals surface area contributed by atoms with Crippen LogP contribution in [0.1, 0.15) is 37.0 Å². The molecule has 5 heteroatoms. The van der Waals surface area contributed by atoms with Crippen molar-refractivity contribution < 1.29 is 19.3 Å². The van der Waals surface area contributed by atoms with E-state index in [9.17, 15) is 5.11 Å². The molecule has 0 aromatic heterocycles. The van der Waals surface area contributed by atoms with Gasteiger partial charge in [-0.1, -0.05) is 17.9 Å². The lowest BCUT2D eigenvalue weighted by molar-refractivity contribution is 0.143. The van der Waals surface area contributed by atoms with Crippen LogP contribution in [0.25, 0.3) is 0 Å². The summed E-state index contributed by atoms with van der Waals surface area (Å²) >= 11 is 0. The van der Waals surface area contributed by atoms with Crippen molar-refractivity contribution in [1.82, 2.24) is 4.90 Å². The molecule has 0 atom stereocenters. The van der Waals surface area contributed by atoms with Crippen molar-refractivity contribution in [1.29, 1.82) is 0 Å². The number of aliphatic hydroxyl groups is 1. The molecule has 5 nitrogen and oxygen atoms in total. The van der Waals surface area contributed by atoms with Crippen LogP contribution in [0.3, 0.4) is 0 Å². The zero-order valence-electron chi connectivity index (χ0n) is 19.6. The second-order valence-electron chi connectivity index (χ2n) is 8.18. The first kappa shape index (κ1) is 24.6. The minimum absolute atomic E-state index is 0.751. The predicted octanol–water partition coefficient (Wildman–Crippen LogP) is 3.94. The Kier molecular flexibility index (Phi) is 9.23. The fourth-order valence-corrected chi connectivity index (χ4v) is 3.25. The van der Waals surface area contributed by atoms with Crippen molar-refractivity contribution in [2.24, 2.45) is 0 Å². The summed E-state index contributed by atoms with van der Waals surface area (Å²) in [6.45, 7) is 5.31. The lowest BCUT2D eigenvalue weighted by Gasteiger charge is -2.17. The first-order valence-electron chi connectivity index (χ1n) is 10.6. The van der Waals surface area contributed by atoms with Crippen LogP contribution in [0, 0.1) is 11.8 Å². The minimum Gasteiger partial charge on any atom is -0.497 e. The zero-order valence-corrected chi connectivity index (χ0v) is 19.6. The van der Waals surface area contributed by atoms with E-state index in [0.29, 0.717) is 0 Å². The molecule has 0 aliphatic heterocycles. The van der Waals surface area contributed by atoms with Gasteiger partial charge in [0.25, 0.3) is 0 Å². The van der Waals surface area contributed by atoms with E-state index >= 15 is 0 Å². The molecule has 168 valence electrons. The number of nitrogens with zero attached hydrogens (tertiary/aromatic N) is 1. The molecular weight excluding hydrogens is 390 g/mol. The monoisotopic (exact) mass is 425 g/mol. The average molecular weight is 426 g/mol. The number of likely N-dealkylation sites (N-methyl/N-ethyl adjacent to an activating group) is 1. The Morgan fingerprint density at radius 1 is 0.903 bits per heavy atom. The first-order chi connectivity index (χ1) is 14.8. The van der Waals surface area contributed by atoms with Crippen LogP contribution in [0.15, 0.2) is 36.4 Å². The van der Waals surface area contributed by atoms with Crippen molar-refractivity contribution in [3.8, 4) is 29.1 Å². The van der Waals surface area contributed by atoms with Crippen LogP contribution in [0.5, 0.6) is 17.2 Å². The van der Waals surface area contributed by atoms with Crippen molar-refractivity contribution in [3.05, 3.63) is 53.1 Å². The van der Waals surface area contributed by atoms with Crippen LogP contribution in [0.2, 0.25) is 0 Å². The van der Waals surface area contributed by atoms with Crippen LogP contribution >= 0.6 is 0 Å². The van der Waals surface area contributed by atoms with Crippen LogP contribution in [-0.2, 0) is 12.8 Å². The standard InChI is InChI=1S/C26H35NO4/c1-26(2,28)15-13-21-10-11-23(29-4)19-22(21)8-7-16-27(3)17-14-20-9-12-24(30-5)25(18-20)31-6/h9-12,18-19,28H,7-8,14,16-17H2,1-6H3. The Bertz CT molecular complexity index is 906. The van der Waals surface area contributed by atoms with E-state index in [2.05, 4.69) is 29.9 Å². The molecule has 0 heterocycles. The van der Waals surface area contributed by atoms with Crippen LogP contribution in [0.4, 0.5) is 0 Å². The summed E-state index contributed by atoms with van der Waals surface area (Å²) in [5, 5.41) is 9.91. The van der Waals surface area contributed by atoms with Crippen LogP contribution in [-0.4, -0.2) is 57.1 Å². The second kappa shape index (κ2) is 11.6. The van der Waals surface area contributed by atoms with Gasteiger partial charge in [-0.3, -0.25) is 0 Å². The maximum atomic E-state index is 9.91. The molecule has 0 fully saturated rings. The molecule has 0 unspecified atom stereocenters. The summed E-state index contributed by atoms with van der Waals surface area (Å²) in [4.78, 5) is 2.33. The topological polar surface area (TPSA) is 51.2 Å². The molecule has 0 spiro atoms. The molecule has 0 aliphatic rings. The summed E-state index contributed by atoms with van der Waals surface area (Å²) in [6, 6.07) is 12.0. The number of hydrogen-bond donors (Lipinski definition) is 1. The molecule has 2 rings (SSSR count). The molecule has 2 aromatic rings. The molecule has 1 N–H and O–H groups in total. The smallest absolute Gasteiger partial charge is 0.160 e. The highest BCUT2D eigenvalue weighted by Crippen LogP contribution is 2.27. The van der Waals surface area contributed by atoms with Gasteiger partial charge in [-0.05, 0) is 88.2 Å². The predicted molar refractivity (Wildman–Crippen MR) is 125 cm³/mol. The van der Waals surface area contributed by atoms with Gasteiger partial charge in [0.05, 0.1) is 21.3 Å². The molecule has 0 radical (unpaired) electrons. The number of benzene rings is 2. The molecule has 0 saturated carbocycles. The molecule has 2 aromatic carbocycles. The van der Waals surface area contributed by atoms with Gasteiger partial charge >= 0.3 is 0 Å². The number of aryl methyl sites for hydroxylation is 1. The third-order valence-corrected chi connectivity index (χ3v) is 5.03. The maximum Gasteiger partial charge on any atom is 0.160 e. The number of ether oxygens (including phenoxy) is 3. The molecule has 31 heavy (non-hydrogen) atoms. The van der Waals surface area contributed by atoms with E-state index < -0.39 is 5.60 Å². The number of methoxy groups -OCH3 is 3. The Hall–Kier alpha value is -2.68.